The van der Waals surface area contributed by atoms with E-state index in [9.17, 15) is 18.0 Å². The lowest BCUT2D eigenvalue weighted by molar-refractivity contribution is -0.137. The Balaban J connectivity index is 1.69. The number of nitrogens with zero attached hydrogens (tertiary/aromatic N) is 1. The predicted molar refractivity (Wildman–Crippen MR) is 127 cm³/mol. The number of carbonyl (C=O) groups is 1. The van der Waals surface area contributed by atoms with Crippen LogP contribution in [-0.4, -0.2) is 54.8 Å². The highest BCUT2D eigenvalue weighted by molar-refractivity contribution is 7.80. The van der Waals surface area contributed by atoms with Gasteiger partial charge >= 0.3 is 6.18 Å². The third kappa shape index (κ3) is 6.52. The largest absolute Gasteiger partial charge is 0.493 e. The monoisotopic (exact) mass is 516 g/mol. The molecule has 1 aliphatic heterocycles. The lowest BCUT2D eigenvalue weighted by Gasteiger charge is -2.37. The zero-order valence-electron chi connectivity index (χ0n) is 18.7. The van der Waals surface area contributed by atoms with E-state index in [1.54, 1.807) is 12.1 Å². The SMILES string of the molecule is COc1cc(C(=S)N2C[C@@H](C)O[C@@H](C)C2)cc(Cl)c1OCC(=O)Nc1cccc(C(F)(F)F)c1. The van der Waals surface area contributed by atoms with Crippen LogP contribution in [0.2, 0.25) is 5.02 Å². The predicted octanol–water partition coefficient (Wildman–Crippen LogP) is 5.17. The maximum atomic E-state index is 12.9. The average Bonchev–Trinajstić information content (AvgIpc) is 2.76. The summed E-state index contributed by atoms with van der Waals surface area (Å²) in [7, 11) is 1.42. The number of thiocarbonyl (C=S) groups is 1. The molecule has 34 heavy (non-hydrogen) atoms. The van der Waals surface area contributed by atoms with Gasteiger partial charge in [-0.3, -0.25) is 4.79 Å². The van der Waals surface area contributed by atoms with Crippen LogP contribution in [-0.2, 0) is 15.7 Å². The summed E-state index contributed by atoms with van der Waals surface area (Å²) >= 11 is 12.0. The number of hydrogen-bond acceptors (Lipinski definition) is 5. The number of halogens is 4. The summed E-state index contributed by atoms with van der Waals surface area (Å²) in [4.78, 5) is 14.9. The summed E-state index contributed by atoms with van der Waals surface area (Å²) in [6, 6.07) is 7.60. The van der Waals surface area contributed by atoms with Gasteiger partial charge in [0.2, 0.25) is 0 Å². The van der Waals surface area contributed by atoms with Crippen molar-refractivity contribution in [2.45, 2.75) is 32.2 Å². The molecule has 1 saturated heterocycles. The van der Waals surface area contributed by atoms with Crippen molar-refractivity contribution in [2.24, 2.45) is 0 Å². The molecule has 6 nitrogen and oxygen atoms in total. The molecule has 1 aliphatic rings. The third-order valence-electron chi connectivity index (χ3n) is 5.00. The molecular weight excluding hydrogens is 493 g/mol. The van der Waals surface area contributed by atoms with Gasteiger partial charge in [-0.2, -0.15) is 13.2 Å². The van der Waals surface area contributed by atoms with E-state index in [4.69, 9.17) is 38.0 Å². The summed E-state index contributed by atoms with van der Waals surface area (Å²) in [5.74, 6) is -0.266. The Morgan fingerprint density at radius 2 is 1.91 bits per heavy atom. The molecule has 1 fully saturated rings. The zero-order valence-corrected chi connectivity index (χ0v) is 20.3. The van der Waals surface area contributed by atoms with Crippen LogP contribution in [0.1, 0.15) is 25.0 Å². The van der Waals surface area contributed by atoms with Crippen molar-refractivity contribution in [3.8, 4) is 11.5 Å². The van der Waals surface area contributed by atoms with E-state index in [0.29, 0.717) is 23.6 Å². The molecule has 184 valence electrons. The summed E-state index contributed by atoms with van der Waals surface area (Å²) in [6.45, 7) is 4.73. The van der Waals surface area contributed by atoms with Crippen LogP contribution < -0.4 is 14.8 Å². The van der Waals surface area contributed by atoms with Crippen molar-refractivity contribution in [2.75, 3.05) is 32.1 Å². The minimum Gasteiger partial charge on any atom is -0.493 e. The summed E-state index contributed by atoms with van der Waals surface area (Å²) in [5.41, 5.74) is -0.221. The van der Waals surface area contributed by atoms with Crippen molar-refractivity contribution < 1.29 is 32.2 Å². The number of alkyl halides is 3. The van der Waals surface area contributed by atoms with Crippen LogP contribution in [0, 0.1) is 0 Å². The number of carbonyl (C=O) groups excluding carboxylic acids is 1. The fourth-order valence-electron chi connectivity index (χ4n) is 3.62. The first kappa shape index (κ1) is 26.1. The molecule has 1 heterocycles. The standard InChI is InChI=1S/C23H24ClF3N2O4S/c1-13-10-29(11-14(2)33-13)22(34)15-7-18(24)21(19(8-15)31-3)32-12-20(30)28-17-6-4-5-16(9-17)23(25,26)27/h4-9,13-14H,10-12H2,1-3H3,(H,28,30)/t13-,14+. The van der Waals surface area contributed by atoms with E-state index in [-0.39, 0.29) is 34.4 Å². The Morgan fingerprint density at radius 3 is 2.53 bits per heavy atom. The van der Waals surface area contributed by atoms with Crippen LogP contribution in [0.3, 0.4) is 0 Å². The van der Waals surface area contributed by atoms with E-state index >= 15 is 0 Å². The summed E-state index contributed by atoms with van der Waals surface area (Å²) in [6.07, 6.45) is -4.47. The van der Waals surface area contributed by atoms with Gasteiger partial charge in [0.1, 0.15) is 4.99 Å². The fraction of sp³-hybridized carbons (Fsp3) is 0.391. The number of hydrogen-bond donors (Lipinski definition) is 1. The Bertz CT molecular complexity index is 1060. The maximum Gasteiger partial charge on any atom is 0.416 e. The topological polar surface area (TPSA) is 60.0 Å². The van der Waals surface area contributed by atoms with Crippen LogP contribution in [0.5, 0.6) is 11.5 Å². The molecule has 0 spiro atoms. The van der Waals surface area contributed by atoms with Crippen LogP contribution in [0.15, 0.2) is 36.4 Å². The smallest absolute Gasteiger partial charge is 0.416 e. The minimum atomic E-state index is -4.52. The molecular formula is C23H24ClF3N2O4S. The number of benzene rings is 2. The highest BCUT2D eigenvalue weighted by atomic mass is 35.5. The van der Waals surface area contributed by atoms with Gasteiger partial charge in [-0.05, 0) is 44.2 Å². The van der Waals surface area contributed by atoms with Gasteiger partial charge in [-0.1, -0.05) is 29.9 Å². The van der Waals surface area contributed by atoms with Gasteiger partial charge in [-0.25, -0.2) is 0 Å². The minimum absolute atomic E-state index is 0.00356. The Labute approximate surface area is 205 Å². The second-order valence-corrected chi connectivity index (χ2v) is 8.67. The molecule has 3 rings (SSSR count). The third-order valence-corrected chi connectivity index (χ3v) is 5.78. The van der Waals surface area contributed by atoms with Crippen molar-refractivity contribution in [3.63, 3.8) is 0 Å². The van der Waals surface area contributed by atoms with Gasteiger partial charge in [0, 0.05) is 24.3 Å². The normalized spacial score (nSPS) is 18.4. The van der Waals surface area contributed by atoms with Crippen LogP contribution in [0.25, 0.3) is 0 Å². The van der Waals surface area contributed by atoms with Gasteiger partial charge in [-0.15, -0.1) is 0 Å². The first-order valence-corrected chi connectivity index (χ1v) is 11.2. The van der Waals surface area contributed by atoms with Gasteiger partial charge < -0.3 is 24.4 Å². The number of rotatable bonds is 6. The first-order chi connectivity index (χ1) is 16.0. The van der Waals surface area contributed by atoms with E-state index in [1.807, 2.05) is 18.7 Å². The number of morpholine rings is 1. The molecule has 2 atom stereocenters. The van der Waals surface area contributed by atoms with E-state index in [0.717, 1.165) is 12.1 Å². The number of ether oxygens (including phenoxy) is 3. The Kier molecular flexibility index (Phi) is 8.27. The lowest BCUT2D eigenvalue weighted by Crippen LogP contribution is -2.47. The van der Waals surface area contributed by atoms with Crippen molar-refractivity contribution in [1.29, 1.82) is 0 Å². The zero-order chi connectivity index (χ0) is 25.0. The molecule has 0 radical (unpaired) electrons. The fourth-order valence-corrected chi connectivity index (χ4v) is 4.15. The number of nitrogens with one attached hydrogen (secondary N) is 1. The molecule has 1 N–H and O–H groups in total. The summed E-state index contributed by atoms with van der Waals surface area (Å²) in [5, 5.41) is 2.55. The Morgan fingerprint density at radius 1 is 1.24 bits per heavy atom. The van der Waals surface area contributed by atoms with Gasteiger partial charge in [0.25, 0.3) is 5.91 Å². The number of amides is 1. The molecule has 2 aromatic rings. The highest BCUT2D eigenvalue weighted by Gasteiger charge is 2.30. The average molecular weight is 517 g/mol. The van der Waals surface area contributed by atoms with E-state index in [1.165, 1.54) is 19.2 Å². The first-order valence-electron chi connectivity index (χ1n) is 10.4. The number of methoxy groups -OCH3 is 1. The molecule has 0 aromatic heterocycles. The van der Waals surface area contributed by atoms with Crippen molar-refractivity contribution >= 4 is 40.4 Å². The van der Waals surface area contributed by atoms with Crippen LogP contribution >= 0.6 is 23.8 Å². The molecule has 0 saturated carbocycles. The highest BCUT2D eigenvalue weighted by Crippen LogP contribution is 2.37. The van der Waals surface area contributed by atoms with Crippen molar-refractivity contribution in [3.05, 3.63) is 52.5 Å². The quantitative estimate of drug-likeness (QED) is 0.535. The van der Waals surface area contributed by atoms with Crippen molar-refractivity contribution in [1.82, 2.24) is 4.90 Å². The molecule has 0 unspecified atom stereocenters. The second kappa shape index (κ2) is 10.8. The van der Waals surface area contributed by atoms with Crippen LogP contribution in [0.4, 0.5) is 18.9 Å². The molecule has 0 aliphatic carbocycles. The molecule has 2 aromatic carbocycles. The molecule has 1 amide bonds. The molecule has 0 bridgehead atoms. The Hall–Kier alpha value is -2.56. The molecule has 11 heteroatoms. The van der Waals surface area contributed by atoms with E-state index < -0.39 is 24.3 Å². The van der Waals surface area contributed by atoms with E-state index in [2.05, 4.69) is 5.32 Å². The second-order valence-electron chi connectivity index (χ2n) is 7.87. The number of anilines is 1. The lowest BCUT2D eigenvalue weighted by atomic mass is 10.1. The van der Waals surface area contributed by atoms with Gasteiger partial charge in [0.05, 0.1) is 29.9 Å². The van der Waals surface area contributed by atoms with Gasteiger partial charge in [0.15, 0.2) is 18.1 Å². The maximum absolute atomic E-state index is 12.9. The summed E-state index contributed by atoms with van der Waals surface area (Å²) < 4.78 is 55.3.